The molecular formula is C18H17N7OS. The van der Waals surface area contributed by atoms with E-state index >= 15 is 0 Å². The quantitative estimate of drug-likeness (QED) is 0.562. The van der Waals surface area contributed by atoms with E-state index in [2.05, 4.69) is 30.5 Å². The van der Waals surface area contributed by atoms with Gasteiger partial charge in [-0.2, -0.15) is 14.7 Å². The largest absolute Gasteiger partial charge is 0.354 e. The molecule has 0 atom stereocenters. The first kappa shape index (κ1) is 16.2. The van der Waals surface area contributed by atoms with E-state index in [-0.39, 0.29) is 5.56 Å². The zero-order chi connectivity index (χ0) is 18.2. The molecule has 0 aliphatic carbocycles. The molecule has 0 amide bonds. The number of piperazine rings is 1. The van der Waals surface area contributed by atoms with Crippen molar-refractivity contribution in [2.24, 2.45) is 0 Å². The molecule has 0 unspecified atom stereocenters. The summed E-state index contributed by atoms with van der Waals surface area (Å²) in [4.78, 5) is 20.0. The highest BCUT2D eigenvalue weighted by molar-refractivity contribution is 7.19. The third-order valence-corrected chi connectivity index (χ3v) is 5.57. The Bertz CT molecular complexity index is 1140. The molecule has 1 saturated heterocycles. The number of rotatable bonds is 3. The van der Waals surface area contributed by atoms with Gasteiger partial charge in [-0.15, -0.1) is 0 Å². The van der Waals surface area contributed by atoms with Crippen molar-refractivity contribution in [3.63, 3.8) is 0 Å². The molecule has 0 spiro atoms. The molecule has 136 valence electrons. The molecular weight excluding hydrogens is 362 g/mol. The van der Waals surface area contributed by atoms with Crippen LogP contribution in [0.3, 0.4) is 0 Å². The first-order valence-corrected chi connectivity index (χ1v) is 9.56. The summed E-state index contributed by atoms with van der Waals surface area (Å²) in [6.45, 7) is 3.49. The summed E-state index contributed by atoms with van der Waals surface area (Å²) in [7, 11) is 0. The molecule has 27 heavy (non-hydrogen) atoms. The molecule has 0 bridgehead atoms. The van der Waals surface area contributed by atoms with Crippen molar-refractivity contribution in [1.82, 2.24) is 30.1 Å². The predicted molar refractivity (Wildman–Crippen MR) is 105 cm³/mol. The maximum atomic E-state index is 12.6. The second-order valence-corrected chi connectivity index (χ2v) is 7.31. The van der Waals surface area contributed by atoms with E-state index in [1.807, 2.05) is 30.5 Å². The summed E-state index contributed by atoms with van der Waals surface area (Å²) in [5.74, 6) is 0.726. The lowest BCUT2D eigenvalue weighted by Crippen LogP contribution is -2.44. The second kappa shape index (κ2) is 6.60. The van der Waals surface area contributed by atoms with Crippen molar-refractivity contribution < 1.29 is 0 Å². The van der Waals surface area contributed by atoms with E-state index in [4.69, 9.17) is 0 Å². The van der Waals surface area contributed by atoms with Crippen LogP contribution >= 0.6 is 11.3 Å². The maximum Gasteiger partial charge on any atom is 0.277 e. The van der Waals surface area contributed by atoms with Crippen LogP contribution < -0.4 is 15.8 Å². The summed E-state index contributed by atoms with van der Waals surface area (Å²) in [5.41, 5.74) is 2.85. The first-order chi connectivity index (χ1) is 13.3. The lowest BCUT2D eigenvalue weighted by Gasteiger charge is -2.27. The fourth-order valence-electron chi connectivity index (χ4n) is 3.21. The van der Waals surface area contributed by atoms with Gasteiger partial charge in [-0.25, -0.2) is 4.98 Å². The Morgan fingerprint density at radius 1 is 1.07 bits per heavy atom. The van der Waals surface area contributed by atoms with Gasteiger partial charge in [0.15, 0.2) is 0 Å². The van der Waals surface area contributed by atoms with E-state index in [0.29, 0.717) is 4.96 Å². The monoisotopic (exact) mass is 379 g/mol. The molecule has 5 rings (SSSR count). The van der Waals surface area contributed by atoms with E-state index in [9.17, 15) is 4.79 Å². The van der Waals surface area contributed by atoms with Crippen LogP contribution in [0.15, 0.2) is 47.5 Å². The Hall–Kier alpha value is -3.04. The molecule has 3 aromatic heterocycles. The van der Waals surface area contributed by atoms with Crippen molar-refractivity contribution >= 4 is 22.1 Å². The number of aromatic nitrogens is 5. The van der Waals surface area contributed by atoms with Crippen LogP contribution in [0.2, 0.25) is 0 Å². The SMILES string of the molecule is O=c1cc(N2CCNCC2)nc2sc(-c3cccc(-c4cn[nH]c4)c3)nn12. The molecule has 0 saturated carbocycles. The van der Waals surface area contributed by atoms with Crippen LogP contribution in [0.5, 0.6) is 0 Å². The molecule has 9 heteroatoms. The van der Waals surface area contributed by atoms with E-state index < -0.39 is 0 Å². The zero-order valence-corrected chi connectivity index (χ0v) is 15.2. The fourth-order valence-corrected chi connectivity index (χ4v) is 4.11. The van der Waals surface area contributed by atoms with E-state index in [1.165, 1.54) is 15.9 Å². The molecule has 4 heterocycles. The Balaban J connectivity index is 1.56. The summed E-state index contributed by atoms with van der Waals surface area (Å²) in [5, 5.41) is 15.4. The van der Waals surface area contributed by atoms with Crippen molar-refractivity contribution in [2.45, 2.75) is 0 Å². The Morgan fingerprint density at radius 3 is 2.74 bits per heavy atom. The molecule has 4 aromatic rings. The number of anilines is 1. The highest BCUT2D eigenvalue weighted by Gasteiger charge is 2.16. The Kier molecular flexibility index (Phi) is 3.95. The normalized spacial score (nSPS) is 14.7. The van der Waals surface area contributed by atoms with Gasteiger partial charge in [-0.3, -0.25) is 9.89 Å². The predicted octanol–water partition coefficient (Wildman–Crippen LogP) is 1.62. The molecule has 8 nitrogen and oxygen atoms in total. The highest BCUT2D eigenvalue weighted by atomic mass is 32.1. The number of hydrogen-bond donors (Lipinski definition) is 2. The van der Waals surface area contributed by atoms with Crippen LogP contribution in [-0.2, 0) is 0 Å². The van der Waals surface area contributed by atoms with Gasteiger partial charge in [0, 0.05) is 49.6 Å². The lowest BCUT2D eigenvalue weighted by molar-refractivity contribution is 0.584. The van der Waals surface area contributed by atoms with Crippen LogP contribution in [0.1, 0.15) is 0 Å². The van der Waals surface area contributed by atoms with Crippen LogP contribution in [0.4, 0.5) is 5.82 Å². The van der Waals surface area contributed by atoms with Crippen LogP contribution in [0, 0.1) is 0 Å². The number of aromatic amines is 1. The van der Waals surface area contributed by atoms with Gasteiger partial charge in [0.2, 0.25) is 4.96 Å². The number of hydrogen-bond acceptors (Lipinski definition) is 7. The van der Waals surface area contributed by atoms with Crippen molar-refractivity contribution in [1.29, 1.82) is 0 Å². The smallest absolute Gasteiger partial charge is 0.277 e. The zero-order valence-electron chi connectivity index (χ0n) is 14.4. The van der Waals surface area contributed by atoms with Gasteiger partial charge in [0.1, 0.15) is 10.8 Å². The molecule has 1 aliphatic rings. The van der Waals surface area contributed by atoms with E-state index in [1.54, 1.807) is 12.3 Å². The van der Waals surface area contributed by atoms with Crippen molar-refractivity contribution in [3.8, 4) is 21.7 Å². The fraction of sp³-hybridized carbons (Fsp3) is 0.222. The minimum absolute atomic E-state index is 0.151. The Labute approximate surface area is 158 Å². The van der Waals surface area contributed by atoms with Gasteiger partial charge in [0.05, 0.1) is 6.20 Å². The second-order valence-electron chi connectivity index (χ2n) is 6.36. The molecule has 1 aliphatic heterocycles. The number of fused-ring (bicyclic) bond motifs is 1. The number of nitrogens with one attached hydrogen (secondary N) is 2. The number of benzene rings is 1. The van der Waals surface area contributed by atoms with Crippen LogP contribution in [-0.4, -0.2) is 51.0 Å². The van der Waals surface area contributed by atoms with Gasteiger partial charge < -0.3 is 10.2 Å². The maximum absolute atomic E-state index is 12.6. The Morgan fingerprint density at radius 2 is 1.93 bits per heavy atom. The summed E-state index contributed by atoms with van der Waals surface area (Å²) < 4.78 is 1.39. The summed E-state index contributed by atoms with van der Waals surface area (Å²) >= 11 is 1.42. The van der Waals surface area contributed by atoms with Gasteiger partial charge >= 0.3 is 0 Å². The molecule has 0 radical (unpaired) electrons. The average molecular weight is 379 g/mol. The van der Waals surface area contributed by atoms with Crippen LogP contribution in [0.25, 0.3) is 26.7 Å². The van der Waals surface area contributed by atoms with Crippen molar-refractivity contribution in [2.75, 3.05) is 31.1 Å². The van der Waals surface area contributed by atoms with E-state index in [0.717, 1.165) is 53.7 Å². The molecule has 2 N–H and O–H groups in total. The summed E-state index contributed by atoms with van der Waals surface area (Å²) in [6, 6.07) is 9.61. The number of H-pyrrole nitrogens is 1. The van der Waals surface area contributed by atoms with Gasteiger partial charge in [0.25, 0.3) is 5.56 Å². The minimum Gasteiger partial charge on any atom is -0.354 e. The molecule has 1 fully saturated rings. The third kappa shape index (κ3) is 3.00. The number of nitrogens with zero attached hydrogens (tertiary/aromatic N) is 5. The van der Waals surface area contributed by atoms with Gasteiger partial charge in [-0.1, -0.05) is 29.5 Å². The van der Waals surface area contributed by atoms with Gasteiger partial charge in [-0.05, 0) is 11.6 Å². The highest BCUT2D eigenvalue weighted by Crippen LogP contribution is 2.29. The standard InChI is InChI=1S/C18H17N7OS/c26-16-9-15(24-6-4-19-5-7-24)22-18-25(16)23-17(27-18)13-3-1-2-12(8-13)14-10-20-21-11-14/h1-3,8-11,19H,4-7H2,(H,20,21). The third-order valence-electron chi connectivity index (χ3n) is 4.61. The summed E-state index contributed by atoms with van der Waals surface area (Å²) in [6.07, 6.45) is 3.63. The lowest BCUT2D eigenvalue weighted by atomic mass is 10.1. The topological polar surface area (TPSA) is 91.2 Å². The molecule has 1 aromatic carbocycles. The van der Waals surface area contributed by atoms with Crippen molar-refractivity contribution in [3.05, 3.63) is 53.1 Å². The average Bonchev–Trinajstić information content (AvgIpc) is 3.39. The first-order valence-electron chi connectivity index (χ1n) is 8.74. The minimum atomic E-state index is -0.151.